The molecule has 4 aromatic carbocycles. The van der Waals surface area contributed by atoms with Crippen molar-refractivity contribution in [3.63, 3.8) is 0 Å². The molecule has 0 N–H and O–H groups in total. The van der Waals surface area contributed by atoms with Crippen LogP contribution in [0.3, 0.4) is 0 Å². The lowest BCUT2D eigenvalue weighted by Gasteiger charge is -2.12. The number of allylic oxidation sites excluding steroid dienone is 2. The van der Waals surface area contributed by atoms with Crippen LogP contribution in [0.4, 0.5) is 8.63 Å². The van der Waals surface area contributed by atoms with E-state index in [9.17, 15) is 0 Å². The Kier molecular flexibility index (Phi) is 8.74. The molecule has 6 rings (SSSR count). The Morgan fingerprint density at radius 2 is 1.02 bits per heavy atom. The van der Waals surface area contributed by atoms with Gasteiger partial charge in [-0.3, -0.25) is 8.63 Å². The van der Waals surface area contributed by atoms with Gasteiger partial charge in [0.25, 0.3) is 0 Å². The highest BCUT2D eigenvalue weighted by molar-refractivity contribution is 6.42. The molecule has 9 heteroatoms. The molecule has 2 heterocycles. The monoisotopic (exact) mass is 616 g/mol. The molecule has 0 fully saturated rings. The van der Waals surface area contributed by atoms with Gasteiger partial charge < -0.3 is 23.4 Å². The molecule has 230 valence electrons. The number of aromatic nitrogens is 1. The van der Waals surface area contributed by atoms with Crippen LogP contribution in [0.15, 0.2) is 120 Å². The predicted octanol–water partition coefficient (Wildman–Crippen LogP) is 8.56. The number of hydrogen-bond acceptors (Lipinski definition) is 5. The van der Waals surface area contributed by atoms with E-state index in [2.05, 4.69) is 0 Å². The Bertz CT molecular complexity index is 1930. The zero-order valence-corrected chi connectivity index (χ0v) is 25.8. The van der Waals surface area contributed by atoms with E-state index in [0.717, 1.165) is 32.5 Å². The summed E-state index contributed by atoms with van der Waals surface area (Å²) in [6.07, 6.45) is 3.72. The van der Waals surface area contributed by atoms with Gasteiger partial charge >= 0.3 is 7.40 Å². The van der Waals surface area contributed by atoms with Gasteiger partial charge in [0.2, 0.25) is 0 Å². The third-order valence-electron chi connectivity index (χ3n) is 7.92. The van der Waals surface area contributed by atoms with Gasteiger partial charge in [0, 0.05) is 28.1 Å². The molecular formula is C37H31BF2N2O4. The van der Waals surface area contributed by atoms with Crippen molar-refractivity contribution in [3.05, 3.63) is 132 Å². The Hall–Kier alpha value is -5.57. The highest BCUT2D eigenvalue weighted by Crippen LogP contribution is 2.39. The zero-order valence-electron chi connectivity index (χ0n) is 25.8. The summed E-state index contributed by atoms with van der Waals surface area (Å²) in [5, 5.41) is 0. The van der Waals surface area contributed by atoms with Crippen molar-refractivity contribution >= 4 is 24.8 Å². The molecular weight excluding hydrogens is 585 g/mol. The minimum atomic E-state index is -2.84. The van der Waals surface area contributed by atoms with E-state index in [1.807, 2.05) is 78.9 Å². The second-order valence-corrected chi connectivity index (χ2v) is 10.5. The molecule has 0 unspecified atom stereocenters. The lowest BCUT2D eigenvalue weighted by Crippen LogP contribution is -2.16. The van der Waals surface area contributed by atoms with E-state index in [-0.39, 0.29) is 0 Å². The van der Waals surface area contributed by atoms with Gasteiger partial charge in [-0.2, -0.15) is 0 Å². The number of benzene rings is 4. The fourth-order valence-electron chi connectivity index (χ4n) is 5.47. The van der Waals surface area contributed by atoms with Crippen molar-refractivity contribution in [1.29, 1.82) is 0 Å². The van der Waals surface area contributed by atoms with Crippen molar-refractivity contribution in [2.45, 2.75) is 0 Å². The Morgan fingerprint density at radius 3 is 1.48 bits per heavy atom. The molecule has 0 amide bonds. The summed E-state index contributed by atoms with van der Waals surface area (Å²) >= 11 is 0. The second-order valence-electron chi connectivity index (χ2n) is 10.5. The number of halogens is 2. The van der Waals surface area contributed by atoms with Gasteiger partial charge in [-0.05, 0) is 108 Å². The molecule has 0 saturated carbocycles. The third kappa shape index (κ3) is 6.04. The summed E-state index contributed by atoms with van der Waals surface area (Å²) in [5.41, 5.74) is 6.48. The van der Waals surface area contributed by atoms with Gasteiger partial charge in [0.05, 0.1) is 39.8 Å². The Balaban J connectivity index is 1.57. The maximum absolute atomic E-state index is 15.2. The molecule has 0 aliphatic carbocycles. The summed E-state index contributed by atoms with van der Waals surface area (Å²) in [6.45, 7) is 0. The number of methoxy groups -OCH3 is 4. The maximum Gasteiger partial charge on any atom is 0.678 e. The van der Waals surface area contributed by atoms with E-state index in [1.54, 1.807) is 64.8 Å². The minimum absolute atomic E-state index is 0.320. The van der Waals surface area contributed by atoms with Gasteiger partial charge in [-0.25, -0.2) is 4.99 Å². The molecule has 0 radical (unpaired) electrons. The minimum Gasteiger partial charge on any atom is -0.497 e. The summed E-state index contributed by atoms with van der Waals surface area (Å²) in [4.78, 5) is 5.00. The number of aliphatic imine (C=N–C) groups is 1. The van der Waals surface area contributed by atoms with Crippen LogP contribution in [0.5, 0.6) is 23.0 Å². The molecule has 5 aromatic rings. The van der Waals surface area contributed by atoms with Crippen LogP contribution in [-0.2, 0) is 0 Å². The zero-order chi connectivity index (χ0) is 32.2. The van der Waals surface area contributed by atoms with E-state index in [4.69, 9.17) is 23.9 Å². The Morgan fingerprint density at radius 1 is 0.587 bits per heavy atom. The largest absolute Gasteiger partial charge is 0.678 e. The van der Waals surface area contributed by atoms with Crippen molar-refractivity contribution in [3.8, 4) is 45.4 Å². The van der Waals surface area contributed by atoms with Crippen molar-refractivity contribution in [2.75, 3.05) is 28.4 Å². The van der Waals surface area contributed by atoms with Gasteiger partial charge in [-0.1, -0.05) is 24.3 Å². The van der Waals surface area contributed by atoms with Crippen LogP contribution in [0.1, 0.15) is 16.8 Å². The highest BCUT2D eigenvalue weighted by atomic mass is 19.2. The van der Waals surface area contributed by atoms with Crippen molar-refractivity contribution < 1.29 is 27.6 Å². The molecule has 46 heavy (non-hydrogen) atoms. The average Bonchev–Trinajstić information content (AvgIpc) is 3.71. The van der Waals surface area contributed by atoms with Gasteiger partial charge in [0.1, 0.15) is 23.0 Å². The van der Waals surface area contributed by atoms with Gasteiger partial charge in [-0.15, -0.1) is 0 Å². The molecule has 0 spiro atoms. The molecule has 1 aliphatic heterocycles. The summed E-state index contributed by atoms with van der Waals surface area (Å²) in [7, 11) is 3.55. The topological polar surface area (TPSA) is 54.2 Å². The van der Waals surface area contributed by atoms with E-state index in [0.29, 0.717) is 51.2 Å². The summed E-state index contributed by atoms with van der Waals surface area (Å²) < 4.78 is 52.8. The number of ether oxygens (including phenoxy) is 4. The first-order valence-corrected chi connectivity index (χ1v) is 14.6. The first-order valence-electron chi connectivity index (χ1n) is 14.6. The normalized spacial score (nSPS) is 13.3. The lowest BCUT2D eigenvalue weighted by molar-refractivity contribution is 0.414. The SMILES string of the molecule is COc1ccc(C2=CC(c3ccc(OC)cc3)=N/C2=C\c2c(-c3ccc(OC)cc3)cc(-c3ccc(OC)cc3)n2B(F)F)cc1. The molecule has 1 aromatic heterocycles. The van der Waals surface area contributed by atoms with Crippen LogP contribution in [0, 0.1) is 0 Å². The molecule has 6 nitrogen and oxygen atoms in total. The standard InChI is InChI=1S/C37H31BF2N2O4/c1-43-28-13-5-24(6-14-28)32-21-34(26-9-17-30(45-3)18-10-26)41-35(32)23-37-33(25-7-15-29(44-2)16-8-25)22-36(42(37)38(39)40)27-11-19-31(46-4)20-12-27/h5-23H,1-4H3/b35-23-. The van der Waals surface area contributed by atoms with Crippen LogP contribution >= 0.6 is 0 Å². The molecule has 0 saturated heterocycles. The van der Waals surface area contributed by atoms with Crippen molar-refractivity contribution in [1.82, 2.24) is 4.48 Å². The molecule has 1 aliphatic rings. The molecule has 0 atom stereocenters. The van der Waals surface area contributed by atoms with Gasteiger partial charge in [0.15, 0.2) is 0 Å². The van der Waals surface area contributed by atoms with Crippen molar-refractivity contribution in [2.24, 2.45) is 4.99 Å². The van der Waals surface area contributed by atoms with Crippen LogP contribution < -0.4 is 18.9 Å². The van der Waals surface area contributed by atoms with E-state index >= 15 is 8.63 Å². The van der Waals surface area contributed by atoms with E-state index < -0.39 is 7.40 Å². The second kappa shape index (κ2) is 13.2. The first kappa shape index (κ1) is 30.5. The Labute approximate surface area is 267 Å². The maximum atomic E-state index is 15.2. The first-order chi connectivity index (χ1) is 22.4. The fraction of sp³-hybridized carbons (Fsp3) is 0.108. The smallest absolute Gasteiger partial charge is 0.497 e. The summed E-state index contributed by atoms with van der Waals surface area (Å²) in [5.74, 6) is 2.74. The highest BCUT2D eigenvalue weighted by Gasteiger charge is 2.29. The quantitative estimate of drug-likeness (QED) is 0.148. The number of hydrogen-bond donors (Lipinski definition) is 0. The fourth-order valence-corrected chi connectivity index (χ4v) is 5.47. The lowest BCUT2D eigenvalue weighted by atomic mass is 9.99. The number of nitrogens with zero attached hydrogens (tertiary/aromatic N) is 2. The van der Waals surface area contributed by atoms with Crippen LogP contribution in [0.25, 0.3) is 34.0 Å². The van der Waals surface area contributed by atoms with Crippen LogP contribution in [0.2, 0.25) is 0 Å². The van der Waals surface area contributed by atoms with E-state index in [1.165, 1.54) is 0 Å². The predicted molar refractivity (Wildman–Crippen MR) is 180 cm³/mol. The average molecular weight is 616 g/mol. The number of rotatable bonds is 10. The third-order valence-corrected chi connectivity index (χ3v) is 7.92. The summed E-state index contributed by atoms with van der Waals surface area (Å²) in [6, 6.07) is 31.4. The van der Waals surface area contributed by atoms with Crippen LogP contribution in [-0.4, -0.2) is 46.0 Å². The molecule has 0 bridgehead atoms.